The molecular weight excluding hydrogens is 392 g/mol. The van der Waals surface area contributed by atoms with Crippen molar-refractivity contribution < 1.29 is 0 Å². The zero-order chi connectivity index (χ0) is 18.6. The van der Waals surface area contributed by atoms with E-state index in [0.29, 0.717) is 6.54 Å². The fourth-order valence-electron chi connectivity index (χ4n) is 3.66. The predicted octanol–water partition coefficient (Wildman–Crippen LogP) is 3.06. The molecule has 26 heavy (non-hydrogen) atoms. The predicted molar refractivity (Wildman–Crippen MR) is 108 cm³/mol. The summed E-state index contributed by atoms with van der Waals surface area (Å²) in [4.78, 5) is 4.37. The van der Waals surface area contributed by atoms with Crippen LogP contribution in [0.25, 0.3) is 0 Å². The Kier molecular flexibility index (Phi) is 5.96. The number of hydrogen-bond acceptors (Lipinski definition) is 3. The molecule has 0 spiro atoms. The maximum absolute atomic E-state index is 4.37. The standard InChI is InChI=1S/C19H27BrN6/c1-14-24-25-17(26(14)3)12-22-18(21-2)23-13-19(10-4-5-11-19)15-6-8-16(20)9-7-15/h6-9H,4-5,10-13H2,1-3H3,(H2,21,22,23). The topological polar surface area (TPSA) is 67.1 Å². The van der Waals surface area contributed by atoms with Gasteiger partial charge in [0.2, 0.25) is 0 Å². The molecule has 0 unspecified atom stereocenters. The minimum Gasteiger partial charge on any atom is -0.356 e. The van der Waals surface area contributed by atoms with E-state index in [9.17, 15) is 0 Å². The zero-order valence-corrected chi connectivity index (χ0v) is 17.3. The number of guanidine groups is 1. The van der Waals surface area contributed by atoms with Crippen LogP contribution < -0.4 is 10.6 Å². The third kappa shape index (κ3) is 4.09. The third-order valence-corrected chi connectivity index (χ3v) is 5.96. The maximum atomic E-state index is 4.37. The highest BCUT2D eigenvalue weighted by molar-refractivity contribution is 9.10. The molecule has 1 heterocycles. The van der Waals surface area contributed by atoms with Crippen LogP contribution in [-0.4, -0.2) is 34.3 Å². The van der Waals surface area contributed by atoms with Crippen molar-refractivity contribution in [3.63, 3.8) is 0 Å². The first kappa shape index (κ1) is 18.9. The lowest BCUT2D eigenvalue weighted by molar-refractivity contribution is 0.431. The molecule has 140 valence electrons. The Bertz CT molecular complexity index is 759. The second kappa shape index (κ2) is 8.20. The normalized spacial score (nSPS) is 16.7. The minimum absolute atomic E-state index is 0.180. The number of benzene rings is 1. The van der Waals surface area contributed by atoms with Crippen LogP contribution in [0.5, 0.6) is 0 Å². The van der Waals surface area contributed by atoms with Gasteiger partial charge in [-0.15, -0.1) is 10.2 Å². The van der Waals surface area contributed by atoms with Crippen LogP contribution in [0, 0.1) is 6.92 Å². The van der Waals surface area contributed by atoms with E-state index in [4.69, 9.17) is 0 Å². The van der Waals surface area contributed by atoms with Gasteiger partial charge >= 0.3 is 0 Å². The molecule has 1 fully saturated rings. The summed E-state index contributed by atoms with van der Waals surface area (Å²) in [5.74, 6) is 2.60. The molecule has 0 amide bonds. The van der Waals surface area contributed by atoms with E-state index in [2.05, 4.69) is 66.0 Å². The van der Waals surface area contributed by atoms with E-state index in [0.717, 1.165) is 28.6 Å². The molecular formula is C19H27BrN6. The monoisotopic (exact) mass is 418 g/mol. The number of nitrogens with one attached hydrogen (secondary N) is 2. The van der Waals surface area contributed by atoms with Crippen molar-refractivity contribution in [2.45, 2.75) is 44.6 Å². The third-order valence-electron chi connectivity index (χ3n) is 5.43. The second-order valence-electron chi connectivity index (χ2n) is 7.00. The van der Waals surface area contributed by atoms with Crippen molar-refractivity contribution in [2.24, 2.45) is 12.0 Å². The van der Waals surface area contributed by atoms with Gasteiger partial charge in [-0.3, -0.25) is 4.99 Å². The van der Waals surface area contributed by atoms with Crippen molar-refractivity contribution >= 4 is 21.9 Å². The molecule has 1 aromatic carbocycles. The molecule has 7 heteroatoms. The molecule has 1 aliphatic carbocycles. The average Bonchev–Trinajstić information content (AvgIpc) is 3.25. The first-order chi connectivity index (χ1) is 12.5. The first-order valence-electron chi connectivity index (χ1n) is 9.09. The smallest absolute Gasteiger partial charge is 0.191 e. The highest BCUT2D eigenvalue weighted by Gasteiger charge is 2.35. The molecule has 0 saturated heterocycles. The Hall–Kier alpha value is -1.89. The number of rotatable bonds is 5. The summed E-state index contributed by atoms with van der Waals surface area (Å²) < 4.78 is 3.11. The van der Waals surface area contributed by atoms with E-state index in [1.54, 1.807) is 7.05 Å². The summed E-state index contributed by atoms with van der Waals surface area (Å²) in [5, 5.41) is 15.2. The summed E-state index contributed by atoms with van der Waals surface area (Å²) in [5.41, 5.74) is 1.59. The van der Waals surface area contributed by atoms with Crippen LogP contribution in [0.15, 0.2) is 33.7 Å². The lowest BCUT2D eigenvalue weighted by atomic mass is 9.79. The van der Waals surface area contributed by atoms with Gasteiger partial charge in [0.15, 0.2) is 11.8 Å². The number of nitrogens with zero attached hydrogens (tertiary/aromatic N) is 4. The van der Waals surface area contributed by atoms with Gasteiger partial charge in [0, 0.05) is 30.5 Å². The van der Waals surface area contributed by atoms with Gasteiger partial charge in [0.25, 0.3) is 0 Å². The maximum Gasteiger partial charge on any atom is 0.191 e. The Morgan fingerprint density at radius 2 is 1.88 bits per heavy atom. The van der Waals surface area contributed by atoms with E-state index < -0.39 is 0 Å². The van der Waals surface area contributed by atoms with Crippen molar-refractivity contribution in [2.75, 3.05) is 13.6 Å². The molecule has 2 aromatic rings. The zero-order valence-electron chi connectivity index (χ0n) is 15.7. The Labute approximate surface area is 163 Å². The number of hydrogen-bond donors (Lipinski definition) is 2. The van der Waals surface area contributed by atoms with Gasteiger partial charge < -0.3 is 15.2 Å². The highest BCUT2D eigenvalue weighted by atomic mass is 79.9. The van der Waals surface area contributed by atoms with Gasteiger partial charge in [-0.25, -0.2) is 0 Å². The molecule has 3 rings (SSSR count). The van der Waals surface area contributed by atoms with Gasteiger partial charge in [0.1, 0.15) is 5.82 Å². The number of aryl methyl sites for hydroxylation is 1. The summed E-state index contributed by atoms with van der Waals surface area (Å²) in [6.07, 6.45) is 4.98. The van der Waals surface area contributed by atoms with E-state index in [1.165, 1.54) is 31.2 Å². The van der Waals surface area contributed by atoms with Gasteiger partial charge in [0.05, 0.1) is 6.54 Å². The molecule has 1 saturated carbocycles. The molecule has 0 radical (unpaired) electrons. The van der Waals surface area contributed by atoms with Gasteiger partial charge in [-0.2, -0.15) is 0 Å². The fourth-order valence-corrected chi connectivity index (χ4v) is 3.93. The minimum atomic E-state index is 0.180. The highest BCUT2D eigenvalue weighted by Crippen LogP contribution is 2.40. The SMILES string of the molecule is CN=C(NCc1nnc(C)n1C)NCC1(c2ccc(Br)cc2)CCCC1. The largest absolute Gasteiger partial charge is 0.356 e. The van der Waals surface area contributed by atoms with Crippen molar-refractivity contribution in [3.8, 4) is 0 Å². The fraction of sp³-hybridized carbons (Fsp3) is 0.526. The van der Waals surface area contributed by atoms with E-state index >= 15 is 0 Å². The van der Waals surface area contributed by atoms with E-state index in [-0.39, 0.29) is 5.41 Å². The molecule has 0 aliphatic heterocycles. The van der Waals surface area contributed by atoms with Crippen LogP contribution in [-0.2, 0) is 19.0 Å². The Morgan fingerprint density at radius 1 is 1.19 bits per heavy atom. The van der Waals surface area contributed by atoms with Crippen LogP contribution in [0.2, 0.25) is 0 Å². The van der Waals surface area contributed by atoms with Crippen molar-refractivity contribution in [3.05, 3.63) is 46.0 Å². The van der Waals surface area contributed by atoms with Crippen molar-refractivity contribution in [1.82, 2.24) is 25.4 Å². The summed E-state index contributed by atoms with van der Waals surface area (Å²) in [6, 6.07) is 8.77. The average molecular weight is 419 g/mol. The molecule has 1 aliphatic rings. The molecule has 0 atom stereocenters. The quantitative estimate of drug-likeness (QED) is 0.578. The number of aromatic nitrogens is 3. The first-order valence-corrected chi connectivity index (χ1v) is 9.89. The summed E-state index contributed by atoms with van der Waals surface area (Å²) in [6.45, 7) is 3.43. The van der Waals surface area contributed by atoms with Crippen LogP contribution in [0.4, 0.5) is 0 Å². The summed E-state index contributed by atoms with van der Waals surface area (Å²) in [7, 11) is 3.78. The number of aliphatic imine (C=N–C) groups is 1. The Balaban J connectivity index is 1.64. The van der Waals surface area contributed by atoms with Crippen molar-refractivity contribution in [1.29, 1.82) is 0 Å². The molecule has 2 N–H and O–H groups in total. The lowest BCUT2D eigenvalue weighted by Gasteiger charge is -2.31. The second-order valence-corrected chi connectivity index (χ2v) is 7.91. The van der Waals surface area contributed by atoms with Gasteiger partial charge in [-0.1, -0.05) is 40.9 Å². The van der Waals surface area contributed by atoms with Gasteiger partial charge in [-0.05, 0) is 37.5 Å². The van der Waals surface area contributed by atoms with Crippen LogP contribution >= 0.6 is 15.9 Å². The lowest BCUT2D eigenvalue weighted by Crippen LogP contribution is -2.44. The van der Waals surface area contributed by atoms with Crippen LogP contribution in [0.3, 0.4) is 0 Å². The molecule has 1 aromatic heterocycles. The molecule has 0 bridgehead atoms. The number of halogens is 1. The summed E-state index contributed by atoms with van der Waals surface area (Å²) >= 11 is 3.54. The van der Waals surface area contributed by atoms with E-state index in [1.807, 2.05) is 18.5 Å². The molecule has 6 nitrogen and oxygen atoms in total. The van der Waals surface area contributed by atoms with Crippen LogP contribution in [0.1, 0.15) is 42.9 Å². The Morgan fingerprint density at radius 3 is 2.46 bits per heavy atom.